The monoisotopic (exact) mass is 199 g/mol. The van der Waals surface area contributed by atoms with Crippen molar-refractivity contribution in [2.75, 3.05) is 6.54 Å². The molecule has 84 valence electrons. The fourth-order valence-corrected chi connectivity index (χ4v) is 2.08. The Labute approximate surface area is 88.1 Å². The Kier molecular flexibility index (Phi) is 5.49. The third kappa shape index (κ3) is 4.43. The van der Waals surface area contributed by atoms with Crippen molar-refractivity contribution >= 4 is 0 Å². The Balaban J connectivity index is 2.02. The molecule has 2 heteroatoms. The van der Waals surface area contributed by atoms with Gasteiger partial charge < -0.3 is 10.4 Å². The molecule has 1 aliphatic carbocycles. The second kappa shape index (κ2) is 6.41. The highest BCUT2D eigenvalue weighted by molar-refractivity contribution is 4.72. The molecule has 0 aromatic heterocycles. The molecule has 0 aromatic carbocycles. The normalized spacial score (nSPS) is 21.4. The van der Waals surface area contributed by atoms with Crippen molar-refractivity contribution in [1.29, 1.82) is 0 Å². The van der Waals surface area contributed by atoms with E-state index in [1.807, 2.05) is 0 Å². The molecule has 0 saturated heterocycles. The van der Waals surface area contributed by atoms with E-state index in [1.54, 1.807) is 0 Å². The third-order valence-electron chi connectivity index (χ3n) is 3.25. The number of aliphatic hydroxyl groups excluding tert-OH is 1. The first-order chi connectivity index (χ1) is 6.70. The molecule has 0 heterocycles. The summed E-state index contributed by atoms with van der Waals surface area (Å²) in [7, 11) is 0. The van der Waals surface area contributed by atoms with Crippen molar-refractivity contribution < 1.29 is 5.11 Å². The summed E-state index contributed by atoms with van der Waals surface area (Å²) in [5.41, 5.74) is 0. The number of nitrogens with one attached hydrogen (secondary N) is 1. The van der Waals surface area contributed by atoms with Crippen molar-refractivity contribution in [3.63, 3.8) is 0 Å². The Morgan fingerprint density at radius 2 is 1.86 bits per heavy atom. The van der Waals surface area contributed by atoms with E-state index < -0.39 is 0 Å². The van der Waals surface area contributed by atoms with Crippen molar-refractivity contribution in [2.24, 2.45) is 5.92 Å². The minimum absolute atomic E-state index is 0.133. The van der Waals surface area contributed by atoms with Crippen LogP contribution >= 0.6 is 0 Å². The molecule has 1 saturated carbocycles. The average molecular weight is 199 g/mol. The Bertz CT molecular complexity index is 141. The predicted octanol–water partition coefficient (Wildman–Crippen LogP) is 2.32. The maximum Gasteiger partial charge on any atom is 0.0575 e. The molecule has 14 heavy (non-hydrogen) atoms. The largest absolute Gasteiger partial charge is 0.393 e. The van der Waals surface area contributed by atoms with Crippen LogP contribution in [0.25, 0.3) is 0 Å². The fourth-order valence-electron chi connectivity index (χ4n) is 2.08. The highest BCUT2D eigenvalue weighted by Crippen LogP contribution is 2.17. The molecule has 0 bridgehead atoms. The summed E-state index contributed by atoms with van der Waals surface area (Å²) in [5.74, 6) is 0.392. The van der Waals surface area contributed by atoms with Crippen LogP contribution in [-0.4, -0.2) is 23.8 Å². The molecule has 1 rings (SSSR count). The number of hydrogen-bond donors (Lipinski definition) is 2. The first kappa shape index (κ1) is 12.0. The van der Waals surface area contributed by atoms with Crippen LogP contribution in [-0.2, 0) is 0 Å². The molecule has 1 unspecified atom stereocenters. The molecule has 0 amide bonds. The zero-order valence-electron chi connectivity index (χ0n) is 9.63. The van der Waals surface area contributed by atoms with Crippen LogP contribution in [0.4, 0.5) is 0 Å². The van der Waals surface area contributed by atoms with Crippen LogP contribution in [0.3, 0.4) is 0 Å². The standard InChI is InChI=1S/C12H25NO/c1-10(2)12(14)8-9-13-11-6-4-3-5-7-11/h10-14H,3-9H2,1-2H3. The van der Waals surface area contributed by atoms with Gasteiger partial charge in [0.2, 0.25) is 0 Å². The topological polar surface area (TPSA) is 32.3 Å². The van der Waals surface area contributed by atoms with E-state index in [1.165, 1.54) is 32.1 Å². The van der Waals surface area contributed by atoms with Crippen molar-refractivity contribution in [3.05, 3.63) is 0 Å². The maximum atomic E-state index is 9.62. The van der Waals surface area contributed by atoms with E-state index in [2.05, 4.69) is 19.2 Å². The molecule has 1 atom stereocenters. The Morgan fingerprint density at radius 1 is 1.21 bits per heavy atom. The van der Waals surface area contributed by atoms with Gasteiger partial charge in [-0.1, -0.05) is 33.1 Å². The summed E-state index contributed by atoms with van der Waals surface area (Å²) in [6.07, 6.45) is 7.59. The molecule has 1 fully saturated rings. The van der Waals surface area contributed by atoms with Crippen molar-refractivity contribution in [2.45, 2.75) is 64.5 Å². The molecule has 0 radical (unpaired) electrons. The zero-order chi connectivity index (χ0) is 10.4. The Morgan fingerprint density at radius 3 is 2.43 bits per heavy atom. The highest BCUT2D eigenvalue weighted by atomic mass is 16.3. The summed E-state index contributed by atoms with van der Waals surface area (Å²) in [6, 6.07) is 0.725. The van der Waals surface area contributed by atoms with E-state index >= 15 is 0 Å². The van der Waals surface area contributed by atoms with E-state index in [-0.39, 0.29) is 6.10 Å². The summed E-state index contributed by atoms with van der Waals surface area (Å²) >= 11 is 0. The third-order valence-corrected chi connectivity index (χ3v) is 3.25. The van der Waals surface area contributed by atoms with Crippen LogP contribution in [0.15, 0.2) is 0 Å². The lowest BCUT2D eigenvalue weighted by Gasteiger charge is -2.24. The summed E-state index contributed by atoms with van der Waals surface area (Å²) in [6.45, 7) is 5.13. The first-order valence-electron chi connectivity index (χ1n) is 6.11. The highest BCUT2D eigenvalue weighted by Gasteiger charge is 2.13. The van der Waals surface area contributed by atoms with E-state index in [0.717, 1.165) is 19.0 Å². The SMILES string of the molecule is CC(C)C(O)CCNC1CCCCC1. The number of aliphatic hydroxyl groups is 1. The molecule has 2 N–H and O–H groups in total. The second-order valence-corrected chi connectivity index (χ2v) is 4.89. The minimum atomic E-state index is -0.133. The van der Waals surface area contributed by atoms with E-state index in [0.29, 0.717) is 5.92 Å². The summed E-state index contributed by atoms with van der Waals surface area (Å²) < 4.78 is 0. The van der Waals surface area contributed by atoms with E-state index in [4.69, 9.17) is 0 Å². The van der Waals surface area contributed by atoms with Gasteiger partial charge in [0.05, 0.1) is 6.10 Å². The van der Waals surface area contributed by atoms with Gasteiger partial charge in [0.15, 0.2) is 0 Å². The van der Waals surface area contributed by atoms with Gasteiger partial charge in [0.1, 0.15) is 0 Å². The van der Waals surface area contributed by atoms with Crippen LogP contribution < -0.4 is 5.32 Å². The van der Waals surface area contributed by atoms with Crippen LogP contribution in [0, 0.1) is 5.92 Å². The van der Waals surface area contributed by atoms with Crippen LogP contribution in [0.5, 0.6) is 0 Å². The molecule has 2 nitrogen and oxygen atoms in total. The fraction of sp³-hybridized carbons (Fsp3) is 1.00. The van der Waals surface area contributed by atoms with Crippen LogP contribution in [0.1, 0.15) is 52.4 Å². The molecule has 1 aliphatic rings. The first-order valence-corrected chi connectivity index (χ1v) is 6.11. The zero-order valence-corrected chi connectivity index (χ0v) is 9.63. The summed E-state index contributed by atoms with van der Waals surface area (Å²) in [4.78, 5) is 0. The molecule has 0 aliphatic heterocycles. The van der Waals surface area contributed by atoms with Gasteiger partial charge in [-0.05, 0) is 31.7 Å². The molecule has 0 aromatic rings. The average Bonchev–Trinajstić information content (AvgIpc) is 2.19. The summed E-state index contributed by atoms with van der Waals surface area (Å²) in [5, 5.41) is 13.2. The van der Waals surface area contributed by atoms with Crippen LogP contribution in [0.2, 0.25) is 0 Å². The van der Waals surface area contributed by atoms with E-state index in [9.17, 15) is 5.11 Å². The molecule has 0 spiro atoms. The van der Waals surface area contributed by atoms with Crippen molar-refractivity contribution in [3.8, 4) is 0 Å². The predicted molar refractivity (Wildman–Crippen MR) is 60.3 cm³/mol. The second-order valence-electron chi connectivity index (χ2n) is 4.89. The van der Waals surface area contributed by atoms with Gasteiger partial charge in [-0.15, -0.1) is 0 Å². The van der Waals surface area contributed by atoms with Gasteiger partial charge in [0, 0.05) is 6.04 Å². The Hall–Kier alpha value is -0.0800. The lowest BCUT2D eigenvalue weighted by atomic mass is 9.95. The number of rotatable bonds is 5. The van der Waals surface area contributed by atoms with Crippen molar-refractivity contribution in [1.82, 2.24) is 5.32 Å². The lowest BCUT2D eigenvalue weighted by molar-refractivity contribution is 0.114. The minimum Gasteiger partial charge on any atom is -0.393 e. The van der Waals surface area contributed by atoms with Gasteiger partial charge in [0.25, 0.3) is 0 Å². The van der Waals surface area contributed by atoms with Gasteiger partial charge >= 0.3 is 0 Å². The quantitative estimate of drug-likeness (QED) is 0.712. The molecular formula is C12H25NO. The van der Waals surface area contributed by atoms with Gasteiger partial charge in [-0.25, -0.2) is 0 Å². The maximum absolute atomic E-state index is 9.62. The van der Waals surface area contributed by atoms with Gasteiger partial charge in [-0.2, -0.15) is 0 Å². The van der Waals surface area contributed by atoms with Gasteiger partial charge in [-0.3, -0.25) is 0 Å². The smallest absolute Gasteiger partial charge is 0.0575 e. The number of hydrogen-bond acceptors (Lipinski definition) is 2. The molecular weight excluding hydrogens is 174 g/mol. The lowest BCUT2D eigenvalue weighted by Crippen LogP contribution is -2.33.